The molecule has 0 saturated carbocycles. The molecule has 25 heavy (non-hydrogen) atoms. The lowest BCUT2D eigenvalue weighted by Crippen LogP contribution is -2.26. The van der Waals surface area contributed by atoms with Gasteiger partial charge in [-0.3, -0.25) is 4.90 Å². The molecule has 2 heterocycles. The van der Waals surface area contributed by atoms with Crippen LogP contribution in [0.25, 0.3) is 11.5 Å². The second-order valence-electron chi connectivity index (χ2n) is 5.51. The molecule has 0 amide bonds. The van der Waals surface area contributed by atoms with Gasteiger partial charge in [0, 0.05) is 19.2 Å². The number of furan rings is 1. The molecule has 0 radical (unpaired) electrons. The molecule has 0 atom stereocenters. The zero-order valence-electron chi connectivity index (χ0n) is 14.3. The molecule has 0 spiro atoms. The summed E-state index contributed by atoms with van der Waals surface area (Å²) in [6, 6.07) is 11.3. The fourth-order valence-electron chi connectivity index (χ4n) is 2.42. The average molecular weight is 343 g/mol. The summed E-state index contributed by atoms with van der Waals surface area (Å²) in [7, 11) is 3.31. The number of benzene rings is 1. The Morgan fingerprint density at radius 2 is 1.88 bits per heavy atom. The van der Waals surface area contributed by atoms with Crippen molar-refractivity contribution in [3.63, 3.8) is 0 Å². The first-order valence-corrected chi connectivity index (χ1v) is 7.99. The van der Waals surface area contributed by atoms with Crippen molar-refractivity contribution in [1.82, 2.24) is 15.1 Å². The van der Waals surface area contributed by atoms with Crippen molar-refractivity contribution in [2.45, 2.75) is 13.1 Å². The maximum absolute atomic E-state index is 5.80. The molecule has 0 aliphatic rings. The standard InChI is InChI=1S/C18H21N3O4/c1-22-11-9-21(12-16-4-3-10-24-16)13-17-19-20-18(25-17)14-5-7-15(23-2)8-6-14/h3-8,10H,9,11-13H2,1-2H3. The van der Waals surface area contributed by atoms with Gasteiger partial charge in [-0.2, -0.15) is 0 Å². The Labute approximate surface area is 146 Å². The van der Waals surface area contributed by atoms with Gasteiger partial charge >= 0.3 is 0 Å². The first kappa shape index (κ1) is 17.2. The van der Waals surface area contributed by atoms with Crippen molar-refractivity contribution in [2.75, 3.05) is 27.4 Å². The van der Waals surface area contributed by atoms with Crippen molar-refractivity contribution in [3.05, 3.63) is 54.3 Å². The van der Waals surface area contributed by atoms with Crippen LogP contribution in [-0.4, -0.2) is 42.5 Å². The smallest absolute Gasteiger partial charge is 0.247 e. The Kier molecular flexibility index (Phi) is 5.81. The molecule has 3 rings (SSSR count). The van der Waals surface area contributed by atoms with Gasteiger partial charge in [0.2, 0.25) is 11.8 Å². The highest BCUT2D eigenvalue weighted by Crippen LogP contribution is 2.21. The average Bonchev–Trinajstić information content (AvgIpc) is 3.32. The van der Waals surface area contributed by atoms with Crippen LogP contribution in [0.3, 0.4) is 0 Å². The summed E-state index contributed by atoms with van der Waals surface area (Å²) in [5.74, 6) is 2.70. The van der Waals surface area contributed by atoms with Crippen LogP contribution in [-0.2, 0) is 17.8 Å². The van der Waals surface area contributed by atoms with Crippen LogP contribution < -0.4 is 4.74 Å². The third kappa shape index (κ3) is 4.68. The number of nitrogens with zero attached hydrogens (tertiary/aromatic N) is 3. The SMILES string of the molecule is COCCN(Cc1ccco1)Cc1nnc(-c2ccc(OC)cc2)o1. The van der Waals surface area contributed by atoms with Gasteiger partial charge in [-0.25, -0.2) is 0 Å². The van der Waals surface area contributed by atoms with Gasteiger partial charge in [0.1, 0.15) is 11.5 Å². The van der Waals surface area contributed by atoms with E-state index in [0.717, 1.165) is 23.6 Å². The molecule has 0 N–H and O–H groups in total. The maximum Gasteiger partial charge on any atom is 0.247 e. The number of hydrogen-bond donors (Lipinski definition) is 0. The monoisotopic (exact) mass is 343 g/mol. The first-order valence-electron chi connectivity index (χ1n) is 7.99. The van der Waals surface area contributed by atoms with E-state index in [1.165, 1.54) is 0 Å². The lowest BCUT2D eigenvalue weighted by Gasteiger charge is -2.18. The fraction of sp³-hybridized carbons (Fsp3) is 0.333. The summed E-state index contributed by atoms with van der Waals surface area (Å²) in [6.07, 6.45) is 1.66. The minimum Gasteiger partial charge on any atom is -0.497 e. The predicted octanol–water partition coefficient (Wildman–Crippen LogP) is 2.99. The van der Waals surface area contributed by atoms with Crippen LogP contribution in [0.4, 0.5) is 0 Å². The van der Waals surface area contributed by atoms with Crippen molar-refractivity contribution < 1.29 is 18.3 Å². The third-order valence-electron chi connectivity index (χ3n) is 3.73. The van der Waals surface area contributed by atoms with Crippen LogP contribution in [0.2, 0.25) is 0 Å². The van der Waals surface area contributed by atoms with Crippen LogP contribution in [0.5, 0.6) is 5.75 Å². The van der Waals surface area contributed by atoms with Gasteiger partial charge in [-0.1, -0.05) is 0 Å². The zero-order valence-corrected chi connectivity index (χ0v) is 14.3. The third-order valence-corrected chi connectivity index (χ3v) is 3.73. The molecule has 0 fully saturated rings. The summed E-state index contributed by atoms with van der Waals surface area (Å²) >= 11 is 0. The number of ether oxygens (including phenoxy) is 2. The van der Waals surface area contributed by atoms with Gasteiger partial charge < -0.3 is 18.3 Å². The van der Waals surface area contributed by atoms with Crippen LogP contribution in [0, 0.1) is 0 Å². The molecule has 0 bridgehead atoms. The number of aromatic nitrogens is 2. The summed E-state index contributed by atoms with van der Waals surface area (Å²) in [5.41, 5.74) is 0.856. The summed E-state index contributed by atoms with van der Waals surface area (Å²) < 4.78 is 21.5. The normalized spacial score (nSPS) is 11.2. The van der Waals surface area contributed by atoms with Gasteiger partial charge in [0.05, 0.1) is 33.1 Å². The highest BCUT2D eigenvalue weighted by atomic mass is 16.5. The summed E-state index contributed by atoms with van der Waals surface area (Å²) in [6.45, 7) is 2.52. The van der Waals surface area contributed by atoms with E-state index in [-0.39, 0.29) is 0 Å². The lowest BCUT2D eigenvalue weighted by molar-refractivity contribution is 0.128. The second kappa shape index (κ2) is 8.46. The quantitative estimate of drug-likeness (QED) is 0.591. The second-order valence-corrected chi connectivity index (χ2v) is 5.51. The largest absolute Gasteiger partial charge is 0.497 e. The summed E-state index contributed by atoms with van der Waals surface area (Å²) in [4.78, 5) is 2.13. The van der Waals surface area contributed by atoms with Crippen molar-refractivity contribution >= 4 is 0 Å². The van der Waals surface area contributed by atoms with Gasteiger partial charge in [0.25, 0.3) is 0 Å². The molecule has 0 unspecified atom stereocenters. The number of methoxy groups -OCH3 is 2. The van der Waals surface area contributed by atoms with E-state index in [1.54, 1.807) is 20.5 Å². The van der Waals surface area contributed by atoms with Gasteiger partial charge in [-0.15, -0.1) is 10.2 Å². The Bertz CT molecular complexity index is 753. The predicted molar refractivity (Wildman–Crippen MR) is 91.0 cm³/mol. The van der Waals surface area contributed by atoms with E-state index in [9.17, 15) is 0 Å². The minimum atomic E-state index is 0.488. The molecule has 3 aromatic rings. The Morgan fingerprint density at radius 1 is 1.04 bits per heavy atom. The molecule has 0 saturated heterocycles. The molecule has 0 aliphatic carbocycles. The van der Waals surface area contributed by atoms with E-state index >= 15 is 0 Å². The molecule has 0 aliphatic heterocycles. The Balaban J connectivity index is 1.68. The fourth-order valence-corrected chi connectivity index (χ4v) is 2.42. The highest BCUT2D eigenvalue weighted by Gasteiger charge is 2.14. The van der Waals surface area contributed by atoms with Gasteiger partial charge in [0.15, 0.2) is 0 Å². The first-order chi connectivity index (χ1) is 12.3. The van der Waals surface area contributed by atoms with Crippen LogP contribution in [0.15, 0.2) is 51.5 Å². The number of hydrogen-bond acceptors (Lipinski definition) is 7. The van der Waals surface area contributed by atoms with Crippen LogP contribution >= 0.6 is 0 Å². The van der Waals surface area contributed by atoms with Gasteiger partial charge in [-0.05, 0) is 36.4 Å². The Morgan fingerprint density at radius 3 is 2.56 bits per heavy atom. The zero-order chi connectivity index (χ0) is 17.5. The van der Waals surface area contributed by atoms with Crippen molar-refractivity contribution in [3.8, 4) is 17.2 Å². The molecule has 7 nitrogen and oxygen atoms in total. The molecule has 7 heteroatoms. The van der Waals surface area contributed by atoms with E-state index in [2.05, 4.69) is 15.1 Å². The van der Waals surface area contributed by atoms with Crippen LogP contribution in [0.1, 0.15) is 11.7 Å². The minimum absolute atomic E-state index is 0.488. The van der Waals surface area contributed by atoms with Crippen molar-refractivity contribution in [1.29, 1.82) is 0 Å². The topological polar surface area (TPSA) is 73.8 Å². The van der Waals surface area contributed by atoms with E-state index < -0.39 is 0 Å². The van der Waals surface area contributed by atoms with E-state index in [4.69, 9.17) is 18.3 Å². The maximum atomic E-state index is 5.80. The van der Waals surface area contributed by atoms with E-state index in [0.29, 0.717) is 31.5 Å². The molecule has 1 aromatic carbocycles. The Hall–Kier alpha value is -2.64. The molecular weight excluding hydrogens is 322 g/mol. The molecular formula is C18H21N3O4. The number of rotatable bonds is 9. The van der Waals surface area contributed by atoms with Crippen molar-refractivity contribution in [2.24, 2.45) is 0 Å². The molecule has 132 valence electrons. The highest BCUT2D eigenvalue weighted by molar-refractivity contribution is 5.53. The summed E-state index contributed by atoms with van der Waals surface area (Å²) in [5, 5.41) is 8.28. The lowest BCUT2D eigenvalue weighted by atomic mass is 10.2. The molecule has 2 aromatic heterocycles. The van der Waals surface area contributed by atoms with E-state index in [1.807, 2.05) is 36.4 Å².